The highest BCUT2D eigenvalue weighted by atomic mass is 16.4. The summed E-state index contributed by atoms with van der Waals surface area (Å²) in [7, 11) is 0. The molecule has 0 radical (unpaired) electrons. The minimum Gasteiger partial charge on any atom is -0.506 e. The number of rotatable bonds is 5. The fraction of sp³-hybridized carbons (Fsp3) is 0.211. The lowest BCUT2D eigenvalue weighted by atomic mass is 10.1. The number of Topliss-reactive ketones (excluding diaryl/α,β-unsaturated/α-hetero) is 1. The van der Waals surface area contributed by atoms with E-state index in [0.29, 0.717) is 5.56 Å². The van der Waals surface area contributed by atoms with Gasteiger partial charge in [0, 0.05) is 23.7 Å². The van der Waals surface area contributed by atoms with E-state index in [2.05, 4.69) is 23.7 Å². The van der Waals surface area contributed by atoms with E-state index in [9.17, 15) is 14.7 Å². The number of aromatic nitrogens is 1. The zero-order valence-electron chi connectivity index (χ0n) is 13.2. The van der Waals surface area contributed by atoms with Crippen molar-refractivity contribution in [2.45, 2.75) is 26.2 Å². The van der Waals surface area contributed by atoms with Crippen molar-refractivity contribution in [1.29, 1.82) is 0 Å². The van der Waals surface area contributed by atoms with Crippen molar-refractivity contribution in [3.63, 3.8) is 0 Å². The molecule has 2 aromatic rings. The van der Waals surface area contributed by atoms with E-state index >= 15 is 0 Å². The van der Waals surface area contributed by atoms with Crippen LogP contribution >= 0.6 is 0 Å². The van der Waals surface area contributed by atoms with Crippen LogP contribution < -0.4 is 0 Å². The molecule has 0 aliphatic rings. The van der Waals surface area contributed by atoms with E-state index in [0.717, 1.165) is 12.0 Å². The van der Waals surface area contributed by atoms with Crippen LogP contribution in [-0.4, -0.2) is 26.9 Å². The van der Waals surface area contributed by atoms with Gasteiger partial charge < -0.3 is 10.2 Å². The molecule has 0 bridgehead atoms. The van der Waals surface area contributed by atoms with Crippen LogP contribution in [0.25, 0.3) is 0 Å². The van der Waals surface area contributed by atoms with Gasteiger partial charge in [0.05, 0.1) is 6.42 Å². The average Bonchev–Trinajstić information content (AvgIpc) is 2.58. The number of carbonyl (C=O) groups excluding carboxylic acids is 1. The monoisotopic (exact) mass is 323 g/mol. The molecule has 122 valence electrons. The third kappa shape index (κ3) is 4.68. The Hall–Kier alpha value is -3.13. The number of hydrogen-bond donors (Lipinski definition) is 2. The molecule has 5 nitrogen and oxygen atoms in total. The molecule has 1 aromatic heterocycles. The van der Waals surface area contributed by atoms with Crippen LogP contribution in [0.15, 0.2) is 36.5 Å². The van der Waals surface area contributed by atoms with Gasteiger partial charge in [-0.25, -0.2) is 4.98 Å². The van der Waals surface area contributed by atoms with Crippen LogP contribution in [0.1, 0.15) is 46.9 Å². The number of benzene rings is 1. The van der Waals surface area contributed by atoms with Crippen LogP contribution in [0.3, 0.4) is 0 Å². The molecule has 1 heterocycles. The molecular weight excluding hydrogens is 306 g/mol. The van der Waals surface area contributed by atoms with Crippen LogP contribution in [0.5, 0.6) is 5.75 Å². The summed E-state index contributed by atoms with van der Waals surface area (Å²) in [4.78, 5) is 26.2. The number of nitrogens with zero attached hydrogens (tertiary/aromatic N) is 1. The number of aromatic hydroxyl groups is 1. The van der Waals surface area contributed by atoms with Crippen LogP contribution in [0.2, 0.25) is 0 Å². The highest BCUT2D eigenvalue weighted by Crippen LogP contribution is 2.18. The number of hydrogen-bond acceptors (Lipinski definition) is 4. The molecule has 0 spiro atoms. The van der Waals surface area contributed by atoms with Gasteiger partial charge in [-0.05, 0) is 30.2 Å². The standard InChI is InChI=1S/C19H17NO4/c1-2-13-3-5-14(6-4-13)7-8-15-11-17(22)19(20-12-15)16(21)9-10-18(23)24/h3-6,11-12,22H,2,9-10H2,1H3,(H,23,24). The number of aliphatic carboxylic acids is 1. The predicted octanol–water partition coefficient (Wildman–Crippen LogP) is 2.80. The summed E-state index contributed by atoms with van der Waals surface area (Å²) in [6.07, 6.45) is 1.85. The molecular formula is C19H17NO4. The molecule has 0 atom stereocenters. The third-order valence-electron chi connectivity index (χ3n) is 3.41. The Morgan fingerprint density at radius 2 is 1.75 bits per heavy atom. The molecule has 0 saturated heterocycles. The van der Waals surface area contributed by atoms with E-state index in [4.69, 9.17) is 5.11 Å². The Morgan fingerprint density at radius 3 is 2.33 bits per heavy atom. The van der Waals surface area contributed by atoms with Crippen molar-refractivity contribution in [2.75, 3.05) is 0 Å². The molecule has 0 fully saturated rings. The maximum atomic E-state index is 11.8. The van der Waals surface area contributed by atoms with E-state index in [-0.39, 0.29) is 24.3 Å². The Labute approximate surface area is 140 Å². The number of carboxylic acids is 1. The maximum absolute atomic E-state index is 11.8. The highest BCUT2D eigenvalue weighted by Gasteiger charge is 2.14. The van der Waals surface area contributed by atoms with Crippen molar-refractivity contribution in [2.24, 2.45) is 0 Å². The topological polar surface area (TPSA) is 87.5 Å². The van der Waals surface area contributed by atoms with Crippen molar-refractivity contribution in [3.05, 3.63) is 58.9 Å². The Balaban J connectivity index is 2.13. The van der Waals surface area contributed by atoms with Gasteiger partial charge in [-0.15, -0.1) is 0 Å². The maximum Gasteiger partial charge on any atom is 0.303 e. The first-order chi connectivity index (χ1) is 11.5. The molecule has 5 heteroatoms. The zero-order chi connectivity index (χ0) is 17.5. The van der Waals surface area contributed by atoms with Gasteiger partial charge in [-0.1, -0.05) is 30.9 Å². The second kappa shape index (κ2) is 7.93. The van der Waals surface area contributed by atoms with Crippen molar-refractivity contribution < 1.29 is 19.8 Å². The van der Waals surface area contributed by atoms with E-state index in [1.807, 2.05) is 24.3 Å². The summed E-state index contributed by atoms with van der Waals surface area (Å²) in [5, 5.41) is 18.5. The normalized spacial score (nSPS) is 9.88. The highest BCUT2D eigenvalue weighted by molar-refractivity contribution is 5.98. The molecule has 0 saturated carbocycles. The lowest BCUT2D eigenvalue weighted by Gasteiger charge is -2.02. The molecule has 2 rings (SSSR count). The molecule has 0 aliphatic carbocycles. The molecule has 24 heavy (non-hydrogen) atoms. The minimum absolute atomic E-state index is 0.130. The number of carbonyl (C=O) groups is 2. The summed E-state index contributed by atoms with van der Waals surface area (Å²) in [5.41, 5.74) is 2.41. The summed E-state index contributed by atoms with van der Waals surface area (Å²) in [6.45, 7) is 2.08. The number of carboxylic acid groups (broad SMARTS) is 1. The third-order valence-corrected chi connectivity index (χ3v) is 3.41. The first-order valence-electron chi connectivity index (χ1n) is 7.54. The summed E-state index contributed by atoms with van der Waals surface area (Å²) in [6, 6.07) is 9.20. The van der Waals surface area contributed by atoms with Gasteiger partial charge in [0.1, 0.15) is 11.4 Å². The molecule has 0 amide bonds. The first-order valence-corrected chi connectivity index (χ1v) is 7.54. The Bertz CT molecular complexity index is 813. The quantitative estimate of drug-likeness (QED) is 0.652. The van der Waals surface area contributed by atoms with Gasteiger partial charge in [-0.3, -0.25) is 9.59 Å². The minimum atomic E-state index is -1.07. The predicted molar refractivity (Wildman–Crippen MR) is 88.9 cm³/mol. The van der Waals surface area contributed by atoms with Gasteiger partial charge in [0.25, 0.3) is 0 Å². The molecule has 1 aromatic carbocycles. The van der Waals surface area contributed by atoms with Gasteiger partial charge in [-0.2, -0.15) is 0 Å². The van der Waals surface area contributed by atoms with Gasteiger partial charge >= 0.3 is 5.97 Å². The smallest absolute Gasteiger partial charge is 0.303 e. The van der Waals surface area contributed by atoms with E-state index in [1.54, 1.807) is 0 Å². The second-order valence-corrected chi connectivity index (χ2v) is 5.21. The fourth-order valence-corrected chi connectivity index (χ4v) is 2.04. The average molecular weight is 323 g/mol. The van der Waals surface area contributed by atoms with Crippen LogP contribution in [0.4, 0.5) is 0 Å². The van der Waals surface area contributed by atoms with Crippen molar-refractivity contribution in [1.82, 2.24) is 4.98 Å². The molecule has 0 aliphatic heterocycles. The van der Waals surface area contributed by atoms with Crippen LogP contribution in [-0.2, 0) is 11.2 Å². The fourth-order valence-electron chi connectivity index (χ4n) is 2.04. The first kappa shape index (κ1) is 17.2. The zero-order valence-corrected chi connectivity index (χ0v) is 13.2. The van der Waals surface area contributed by atoms with Gasteiger partial charge in [0.2, 0.25) is 0 Å². The SMILES string of the molecule is CCc1ccc(C#Cc2cnc(C(=O)CCC(=O)O)c(O)c2)cc1. The van der Waals surface area contributed by atoms with E-state index < -0.39 is 11.8 Å². The largest absolute Gasteiger partial charge is 0.506 e. The lowest BCUT2D eigenvalue weighted by Crippen LogP contribution is -2.06. The summed E-state index contributed by atoms with van der Waals surface area (Å²) < 4.78 is 0. The summed E-state index contributed by atoms with van der Waals surface area (Å²) >= 11 is 0. The molecule has 0 unspecified atom stereocenters. The molecule has 2 N–H and O–H groups in total. The van der Waals surface area contributed by atoms with Gasteiger partial charge in [0.15, 0.2) is 5.78 Å². The Morgan fingerprint density at radius 1 is 1.08 bits per heavy atom. The number of ketones is 1. The summed E-state index contributed by atoms with van der Waals surface area (Å²) in [5.74, 6) is 3.97. The Kier molecular flexibility index (Phi) is 5.69. The van der Waals surface area contributed by atoms with Crippen molar-refractivity contribution in [3.8, 4) is 17.6 Å². The number of aryl methyl sites for hydroxylation is 1. The lowest BCUT2D eigenvalue weighted by molar-refractivity contribution is -0.136. The van der Waals surface area contributed by atoms with E-state index in [1.165, 1.54) is 17.8 Å². The van der Waals surface area contributed by atoms with Crippen molar-refractivity contribution >= 4 is 11.8 Å². The van der Waals surface area contributed by atoms with Crippen LogP contribution in [0, 0.1) is 11.8 Å². The number of pyridine rings is 1. The second-order valence-electron chi connectivity index (χ2n) is 5.21.